The average molecular weight is 366 g/mol. The van der Waals surface area contributed by atoms with Crippen LogP contribution in [-0.4, -0.2) is 4.98 Å². The van der Waals surface area contributed by atoms with Gasteiger partial charge in [-0.2, -0.15) is 18.2 Å². The summed E-state index contributed by atoms with van der Waals surface area (Å²) in [6, 6.07) is 4.95. The number of pyridine rings is 1. The number of halogens is 5. The Hall–Kier alpha value is -1.87. The Morgan fingerprint density at radius 3 is 2.48 bits per heavy atom. The van der Waals surface area contributed by atoms with Gasteiger partial charge in [0.1, 0.15) is 17.4 Å². The van der Waals surface area contributed by atoms with Gasteiger partial charge >= 0.3 is 6.18 Å². The molecule has 3 N–H and O–H groups in total. The zero-order valence-corrected chi connectivity index (χ0v) is 11.8. The number of aromatic nitrogens is 1. The Morgan fingerprint density at radius 2 is 1.90 bits per heavy atom. The number of nitrogens with one attached hydrogen (secondary N) is 1. The molecule has 1 aromatic heterocycles. The minimum atomic E-state index is -4.58. The number of nitrogen functional groups attached to an aromatic ring is 1. The summed E-state index contributed by atoms with van der Waals surface area (Å²) in [6.07, 6.45) is -4.58. The van der Waals surface area contributed by atoms with E-state index in [2.05, 4.69) is 20.9 Å². The molecule has 2 aromatic rings. The first kappa shape index (κ1) is 15.5. The van der Waals surface area contributed by atoms with Crippen molar-refractivity contribution >= 4 is 21.7 Å². The summed E-state index contributed by atoms with van der Waals surface area (Å²) in [5.74, 6) is 4.14. The molecule has 0 fully saturated rings. The van der Waals surface area contributed by atoms with Crippen LogP contribution in [0.4, 0.5) is 23.4 Å². The Kier molecular flexibility index (Phi) is 4.33. The van der Waals surface area contributed by atoms with Gasteiger partial charge in [-0.25, -0.2) is 10.2 Å². The summed E-state index contributed by atoms with van der Waals surface area (Å²) in [4.78, 5) is 3.75. The van der Waals surface area contributed by atoms with Crippen LogP contribution in [0, 0.1) is 5.82 Å². The van der Waals surface area contributed by atoms with Gasteiger partial charge in [-0.15, -0.1) is 0 Å². The number of anilines is 1. The number of rotatable bonds is 3. The maximum atomic E-state index is 12.9. The summed E-state index contributed by atoms with van der Waals surface area (Å²) in [6.45, 7) is 0. The van der Waals surface area contributed by atoms with Crippen molar-refractivity contribution in [2.45, 2.75) is 6.18 Å². The molecule has 4 nitrogen and oxygen atoms in total. The van der Waals surface area contributed by atoms with Crippen molar-refractivity contribution in [2.24, 2.45) is 5.84 Å². The predicted molar refractivity (Wildman–Crippen MR) is 71.2 cm³/mol. The molecule has 0 aliphatic carbocycles. The van der Waals surface area contributed by atoms with E-state index in [0.717, 1.165) is 24.3 Å². The fourth-order valence-corrected chi connectivity index (χ4v) is 1.90. The van der Waals surface area contributed by atoms with E-state index in [1.54, 1.807) is 0 Å². The minimum absolute atomic E-state index is 0.117. The Bertz CT molecular complexity index is 663. The summed E-state index contributed by atoms with van der Waals surface area (Å²) in [5.41, 5.74) is 1.05. The molecule has 0 saturated heterocycles. The summed E-state index contributed by atoms with van der Waals surface area (Å²) in [5, 5.41) is 0. The van der Waals surface area contributed by atoms with Crippen molar-refractivity contribution < 1.29 is 22.3 Å². The number of nitrogens with zero attached hydrogens (tertiary/aromatic N) is 1. The molecule has 0 aliphatic rings. The molecule has 1 heterocycles. The van der Waals surface area contributed by atoms with E-state index >= 15 is 0 Å². The molecule has 0 radical (unpaired) electrons. The highest BCUT2D eigenvalue weighted by molar-refractivity contribution is 9.10. The Balaban J connectivity index is 2.39. The van der Waals surface area contributed by atoms with E-state index in [0.29, 0.717) is 0 Å². The van der Waals surface area contributed by atoms with Crippen LogP contribution >= 0.6 is 15.9 Å². The highest BCUT2D eigenvalue weighted by Crippen LogP contribution is 2.35. The summed E-state index contributed by atoms with van der Waals surface area (Å²) < 4.78 is 56.6. The molecule has 2 rings (SSSR count). The molecule has 112 valence electrons. The lowest BCUT2D eigenvalue weighted by atomic mass is 10.2. The Labute approximate surface area is 125 Å². The maximum absolute atomic E-state index is 12.9. The molecule has 0 bridgehead atoms. The molecule has 0 amide bonds. The lowest BCUT2D eigenvalue weighted by Gasteiger charge is -2.12. The summed E-state index contributed by atoms with van der Waals surface area (Å²) >= 11 is 3.04. The first-order valence-electron chi connectivity index (χ1n) is 5.48. The van der Waals surface area contributed by atoms with Crippen LogP contribution in [0.15, 0.2) is 34.8 Å². The molecular weight excluding hydrogens is 358 g/mol. The third kappa shape index (κ3) is 3.82. The fourth-order valence-electron chi connectivity index (χ4n) is 1.47. The second-order valence-corrected chi connectivity index (χ2v) is 4.75. The Morgan fingerprint density at radius 1 is 1.19 bits per heavy atom. The highest BCUT2D eigenvalue weighted by Gasteiger charge is 2.32. The minimum Gasteiger partial charge on any atom is -0.438 e. The van der Waals surface area contributed by atoms with Gasteiger partial charge in [-0.3, -0.25) is 0 Å². The molecule has 0 unspecified atom stereocenters. The monoisotopic (exact) mass is 365 g/mol. The van der Waals surface area contributed by atoms with Crippen molar-refractivity contribution in [3.8, 4) is 11.6 Å². The molecule has 1 aromatic carbocycles. The topological polar surface area (TPSA) is 60.2 Å². The molecule has 9 heteroatoms. The molecule has 21 heavy (non-hydrogen) atoms. The van der Waals surface area contributed by atoms with Gasteiger partial charge in [-0.1, -0.05) is 0 Å². The van der Waals surface area contributed by atoms with Gasteiger partial charge in [0.15, 0.2) is 0 Å². The third-order valence-corrected chi connectivity index (χ3v) is 3.01. The van der Waals surface area contributed by atoms with Gasteiger partial charge in [0, 0.05) is 6.07 Å². The van der Waals surface area contributed by atoms with Crippen molar-refractivity contribution in [2.75, 3.05) is 5.43 Å². The van der Waals surface area contributed by atoms with Gasteiger partial charge in [0.05, 0.1) is 10.0 Å². The quantitative estimate of drug-likeness (QED) is 0.488. The number of nitrogens with two attached hydrogens (primary N) is 1. The van der Waals surface area contributed by atoms with E-state index in [4.69, 9.17) is 10.6 Å². The molecule has 0 saturated carbocycles. The number of hydrogen-bond acceptors (Lipinski definition) is 4. The van der Waals surface area contributed by atoms with Crippen LogP contribution in [0.25, 0.3) is 0 Å². The molecule has 0 spiro atoms. The van der Waals surface area contributed by atoms with Crippen molar-refractivity contribution in [1.82, 2.24) is 4.98 Å². The lowest BCUT2D eigenvalue weighted by molar-refractivity contribution is -0.137. The van der Waals surface area contributed by atoms with E-state index in [9.17, 15) is 17.6 Å². The van der Waals surface area contributed by atoms with Crippen molar-refractivity contribution in [3.63, 3.8) is 0 Å². The molecule has 0 atom stereocenters. The second kappa shape index (κ2) is 5.86. The first-order chi connectivity index (χ1) is 9.79. The smallest absolute Gasteiger partial charge is 0.416 e. The number of alkyl halides is 3. The predicted octanol–water partition coefficient (Wildman–Crippen LogP) is 4.08. The number of benzene rings is 1. The highest BCUT2D eigenvalue weighted by atomic mass is 79.9. The molecule has 0 aliphatic heterocycles. The van der Waals surface area contributed by atoms with Gasteiger partial charge in [-0.05, 0) is 40.2 Å². The van der Waals surface area contributed by atoms with Crippen molar-refractivity contribution in [3.05, 3.63) is 46.2 Å². The lowest BCUT2D eigenvalue weighted by Crippen LogP contribution is -2.12. The van der Waals surface area contributed by atoms with Crippen LogP contribution < -0.4 is 16.0 Å². The number of ether oxygens (including phenoxy) is 1. The van der Waals surface area contributed by atoms with Crippen LogP contribution in [0.1, 0.15) is 5.56 Å². The van der Waals surface area contributed by atoms with Gasteiger partial charge in [0.25, 0.3) is 0 Å². The van der Waals surface area contributed by atoms with E-state index in [1.807, 2.05) is 5.43 Å². The van der Waals surface area contributed by atoms with Crippen LogP contribution in [0.5, 0.6) is 11.6 Å². The number of hydrogen-bond donors (Lipinski definition) is 2. The standard InChI is InChI=1S/C12H8BrF4N3O/c13-8-5-7(14)1-2-9(8)21-11-4-6(12(15,16)17)3-10(19-11)20-18/h1-5H,18H2,(H,19,20). The summed E-state index contributed by atoms with van der Waals surface area (Å²) in [7, 11) is 0. The van der Waals surface area contributed by atoms with Gasteiger partial charge < -0.3 is 10.2 Å². The van der Waals surface area contributed by atoms with Crippen molar-refractivity contribution in [1.29, 1.82) is 0 Å². The zero-order chi connectivity index (χ0) is 15.6. The zero-order valence-electron chi connectivity index (χ0n) is 10.2. The maximum Gasteiger partial charge on any atom is 0.416 e. The molecular formula is C12H8BrF4N3O. The van der Waals surface area contributed by atoms with E-state index in [1.165, 1.54) is 6.07 Å². The fraction of sp³-hybridized carbons (Fsp3) is 0.0833. The van der Waals surface area contributed by atoms with E-state index < -0.39 is 17.6 Å². The van der Waals surface area contributed by atoms with Crippen LogP contribution in [-0.2, 0) is 6.18 Å². The van der Waals surface area contributed by atoms with Crippen LogP contribution in [0.3, 0.4) is 0 Å². The van der Waals surface area contributed by atoms with Crippen LogP contribution in [0.2, 0.25) is 0 Å². The normalized spacial score (nSPS) is 11.3. The second-order valence-electron chi connectivity index (χ2n) is 3.90. The SMILES string of the molecule is NNc1cc(C(F)(F)F)cc(Oc2ccc(F)cc2Br)n1. The largest absolute Gasteiger partial charge is 0.438 e. The first-order valence-corrected chi connectivity index (χ1v) is 6.27. The van der Waals surface area contributed by atoms with Gasteiger partial charge in [0.2, 0.25) is 5.88 Å². The van der Waals surface area contributed by atoms with E-state index in [-0.39, 0.29) is 21.9 Å². The third-order valence-electron chi connectivity index (χ3n) is 2.39. The average Bonchev–Trinajstić information content (AvgIpc) is 2.40. The number of hydrazine groups is 1.